The maximum atomic E-state index is 13.6. The number of Topliss-reactive ketones (excluding diaryl/α,β-unsaturated/α-hetero) is 1. The Morgan fingerprint density at radius 1 is 1.12 bits per heavy atom. The topological polar surface area (TPSA) is 47.8 Å². The highest BCUT2D eigenvalue weighted by atomic mass is 19.1. The molecule has 0 saturated heterocycles. The Kier molecular flexibility index (Phi) is 6.11. The Labute approximate surface area is 191 Å². The second-order valence-electron chi connectivity index (χ2n) is 11.1. The maximum Gasteiger partial charge on any atom is 0.157 e. The van der Waals surface area contributed by atoms with Crippen LogP contribution in [0.1, 0.15) is 71.6 Å². The number of nitrogens with zero attached hydrogens (tertiary/aromatic N) is 3. The first-order valence-electron chi connectivity index (χ1n) is 12.9. The van der Waals surface area contributed by atoms with E-state index < -0.39 is 0 Å². The first-order valence-corrected chi connectivity index (χ1v) is 12.9. The summed E-state index contributed by atoms with van der Waals surface area (Å²) in [6.45, 7) is 4.85. The highest BCUT2D eigenvalue weighted by molar-refractivity contribution is 5.84. The quantitative estimate of drug-likeness (QED) is 0.513. The van der Waals surface area contributed by atoms with E-state index in [0.717, 1.165) is 42.1 Å². The summed E-state index contributed by atoms with van der Waals surface area (Å²) in [7, 11) is 0. The Morgan fingerprint density at radius 3 is 2.78 bits per heavy atom. The molecule has 7 unspecified atom stereocenters. The minimum Gasteiger partial charge on any atom is -0.297 e. The number of hydrogen-bond donors (Lipinski definition) is 0. The molecule has 0 spiro atoms. The van der Waals surface area contributed by atoms with Crippen LogP contribution in [0, 0.1) is 40.9 Å². The molecule has 1 heterocycles. The molecular weight excluding hydrogens is 401 g/mol. The fraction of sp³-hybridized carbons (Fsp3) is 0.741. The molecule has 3 saturated carbocycles. The number of benzene rings is 1. The van der Waals surface area contributed by atoms with Gasteiger partial charge in [-0.1, -0.05) is 44.0 Å². The van der Waals surface area contributed by atoms with Gasteiger partial charge in [0.05, 0.1) is 12.2 Å². The fourth-order valence-corrected chi connectivity index (χ4v) is 8.34. The number of para-hydroxylation sites is 1. The van der Waals surface area contributed by atoms with E-state index in [2.05, 4.69) is 24.2 Å². The minimum absolute atomic E-state index is 0.109. The van der Waals surface area contributed by atoms with Gasteiger partial charge in [0.25, 0.3) is 0 Å². The van der Waals surface area contributed by atoms with Crippen molar-refractivity contribution < 1.29 is 9.18 Å². The van der Waals surface area contributed by atoms with Gasteiger partial charge in [0.1, 0.15) is 12.1 Å². The molecule has 1 aromatic heterocycles. The maximum absolute atomic E-state index is 13.6. The largest absolute Gasteiger partial charge is 0.297 e. The van der Waals surface area contributed by atoms with Crippen molar-refractivity contribution in [3.63, 3.8) is 0 Å². The number of rotatable bonds is 7. The van der Waals surface area contributed by atoms with Gasteiger partial charge in [0, 0.05) is 5.92 Å². The van der Waals surface area contributed by atoms with E-state index >= 15 is 0 Å². The number of carbonyl (C=O) groups excluding carboxylic acids is 1. The molecule has 5 heteroatoms. The highest BCUT2D eigenvalue weighted by Crippen LogP contribution is 2.63. The smallest absolute Gasteiger partial charge is 0.157 e. The van der Waals surface area contributed by atoms with Crippen molar-refractivity contribution in [2.24, 2.45) is 40.9 Å². The molecule has 0 radical (unpaired) electrons. The van der Waals surface area contributed by atoms with E-state index in [-0.39, 0.29) is 18.0 Å². The van der Waals surface area contributed by atoms with E-state index in [4.69, 9.17) is 0 Å². The van der Waals surface area contributed by atoms with Crippen molar-refractivity contribution in [1.82, 2.24) is 15.0 Å². The number of carbonyl (C=O) groups is 1. The third-order valence-corrected chi connectivity index (χ3v) is 9.74. The van der Waals surface area contributed by atoms with Gasteiger partial charge in [-0.3, -0.25) is 9.18 Å². The predicted molar refractivity (Wildman–Crippen MR) is 125 cm³/mol. The molecular formula is C27H38FN3O. The fourth-order valence-electron chi connectivity index (χ4n) is 8.34. The van der Waals surface area contributed by atoms with Crippen LogP contribution in [0.15, 0.2) is 24.3 Å². The molecule has 0 bridgehead atoms. The van der Waals surface area contributed by atoms with Crippen LogP contribution in [0.3, 0.4) is 0 Å². The Bertz CT molecular complexity index is 957. The molecule has 1 aromatic carbocycles. The zero-order chi connectivity index (χ0) is 22.3. The Morgan fingerprint density at radius 2 is 1.97 bits per heavy atom. The molecule has 3 fully saturated rings. The van der Waals surface area contributed by atoms with Crippen LogP contribution < -0.4 is 0 Å². The normalized spacial score (nSPS) is 36.7. The molecule has 5 rings (SSSR count). The third kappa shape index (κ3) is 3.60. The molecule has 3 aliphatic rings. The van der Waals surface area contributed by atoms with Crippen LogP contribution in [0.4, 0.5) is 4.39 Å². The van der Waals surface area contributed by atoms with Gasteiger partial charge in [-0.05, 0) is 92.1 Å². The van der Waals surface area contributed by atoms with Crippen LogP contribution in [-0.4, -0.2) is 27.5 Å². The summed E-state index contributed by atoms with van der Waals surface area (Å²) in [5.74, 6) is 3.84. The molecule has 2 aromatic rings. The highest BCUT2D eigenvalue weighted by Gasteiger charge is 2.57. The van der Waals surface area contributed by atoms with Gasteiger partial charge >= 0.3 is 0 Å². The average molecular weight is 440 g/mol. The first-order chi connectivity index (χ1) is 15.6. The molecule has 4 nitrogen and oxygen atoms in total. The molecule has 0 N–H and O–H groups in total. The Hall–Kier alpha value is -1.78. The zero-order valence-electron chi connectivity index (χ0n) is 19.7. The summed E-state index contributed by atoms with van der Waals surface area (Å²) < 4.78 is 15.0. The van der Waals surface area contributed by atoms with Crippen molar-refractivity contribution >= 4 is 16.8 Å². The van der Waals surface area contributed by atoms with Crippen molar-refractivity contribution in [2.45, 2.75) is 78.2 Å². The van der Waals surface area contributed by atoms with Crippen LogP contribution in [0.25, 0.3) is 11.0 Å². The van der Waals surface area contributed by atoms with Crippen LogP contribution in [0.5, 0.6) is 0 Å². The number of hydrogen-bond acceptors (Lipinski definition) is 3. The number of ketones is 1. The molecule has 174 valence electrons. The molecule has 0 amide bonds. The van der Waals surface area contributed by atoms with E-state index in [0.29, 0.717) is 30.1 Å². The predicted octanol–water partition coefficient (Wildman–Crippen LogP) is 6.25. The van der Waals surface area contributed by atoms with Crippen molar-refractivity contribution in [3.8, 4) is 0 Å². The van der Waals surface area contributed by atoms with Crippen molar-refractivity contribution in [3.05, 3.63) is 24.3 Å². The molecule has 32 heavy (non-hydrogen) atoms. The monoisotopic (exact) mass is 439 g/mol. The summed E-state index contributed by atoms with van der Waals surface area (Å²) in [6.07, 6.45) is 10.2. The number of alkyl halides is 1. The van der Waals surface area contributed by atoms with Gasteiger partial charge < -0.3 is 0 Å². The van der Waals surface area contributed by atoms with Crippen molar-refractivity contribution in [1.29, 1.82) is 0 Å². The second kappa shape index (κ2) is 8.87. The zero-order valence-corrected chi connectivity index (χ0v) is 19.7. The van der Waals surface area contributed by atoms with Crippen LogP contribution in [0.2, 0.25) is 0 Å². The van der Waals surface area contributed by atoms with Gasteiger partial charge in [-0.2, -0.15) is 0 Å². The van der Waals surface area contributed by atoms with Gasteiger partial charge in [0.15, 0.2) is 5.78 Å². The third-order valence-electron chi connectivity index (χ3n) is 9.74. The average Bonchev–Trinajstić information content (AvgIpc) is 3.36. The van der Waals surface area contributed by atoms with Crippen LogP contribution >= 0.6 is 0 Å². The molecule has 3 aliphatic carbocycles. The molecule has 0 aliphatic heterocycles. The number of fused-ring (bicyclic) bond motifs is 4. The lowest BCUT2D eigenvalue weighted by atomic mass is 9.50. The SMILES string of the molecule is CCCC1C(CCF)CCC2C1CCC1(C)C(C(=O)Cn3nnc4ccccc43)CCC21. The minimum atomic E-state index is -0.170. The van der Waals surface area contributed by atoms with Gasteiger partial charge in [0.2, 0.25) is 0 Å². The summed E-state index contributed by atoms with van der Waals surface area (Å²) in [5.41, 5.74) is 1.90. The van der Waals surface area contributed by atoms with Crippen LogP contribution in [-0.2, 0) is 11.3 Å². The van der Waals surface area contributed by atoms with E-state index in [1.165, 1.54) is 38.5 Å². The molecule has 7 atom stereocenters. The number of aromatic nitrogens is 3. The standard InChI is InChI=1S/C27H38FN3O/c1-3-6-19-18(14-16-28)9-10-21-20(19)13-15-27(2)22(21)11-12-23(27)26(32)17-31-25-8-5-4-7-24(25)29-30-31/h4-5,7-8,18-23H,3,6,9-17H2,1-2H3. The van der Waals surface area contributed by atoms with Crippen molar-refractivity contribution in [2.75, 3.05) is 6.67 Å². The van der Waals surface area contributed by atoms with E-state index in [9.17, 15) is 9.18 Å². The first kappa shape index (κ1) is 22.0. The number of halogens is 1. The summed E-state index contributed by atoms with van der Waals surface area (Å²) in [4.78, 5) is 13.6. The summed E-state index contributed by atoms with van der Waals surface area (Å²) in [6, 6.07) is 7.88. The summed E-state index contributed by atoms with van der Waals surface area (Å²) >= 11 is 0. The van der Waals surface area contributed by atoms with E-state index in [1.54, 1.807) is 4.68 Å². The lowest BCUT2D eigenvalue weighted by molar-refractivity contribution is -0.130. The summed E-state index contributed by atoms with van der Waals surface area (Å²) in [5, 5.41) is 8.50. The Balaban J connectivity index is 1.33. The lowest BCUT2D eigenvalue weighted by Crippen LogP contribution is -2.48. The van der Waals surface area contributed by atoms with E-state index in [1.807, 2.05) is 24.3 Å². The second-order valence-corrected chi connectivity index (χ2v) is 11.1. The lowest BCUT2D eigenvalue weighted by Gasteiger charge is -2.54. The van der Waals surface area contributed by atoms with Gasteiger partial charge in [-0.15, -0.1) is 5.10 Å². The van der Waals surface area contributed by atoms with Gasteiger partial charge in [-0.25, -0.2) is 4.68 Å².